The third-order valence-corrected chi connectivity index (χ3v) is 7.36. The van der Waals surface area contributed by atoms with Crippen LogP contribution in [-0.2, 0) is 15.6 Å². The molecule has 5 heteroatoms. The molecule has 2 atom stereocenters. The van der Waals surface area contributed by atoms with Gasteiger partial charge in [0.1, 0.15) is 10.9 Å². The van der Waals surface area contributed by atoms with E-state index in [-0.39, 0.29) is 0 Å². The van der Waals surface area contributed by atoms with E-state index in [4.69, 9.17) is 0 Å². The van der Waals surface area contributed by atoms with E-state index in [0.717, 1.165) is 19.3 Å². The van der Waals surface area contributed by atoms with E-state index in [0.29, 0.717) is 24.2 Å². The second-order valence-corrected chi connectivity index (χ2v) is 8.83. The van der Waals surface area contributed by atoms with Crippen molar-refractivity contribution in [3.8, 4) is 0 Å². The molecule has 134 valence electrons. The van der Waals surface area contributed by atoms with Crippen molar-refractivity contribution < 1.29 is 13.5 Å². The van der Waals surface area contributed by atoms with Crippen LogP contribution in [0.3, 0.4) is 0 Å². The second kappa shape index (κ2) is 7.28. The summed E-state index contributed by atoms with van der Waals surface area (Å²) in [7, 11) is -3.70. The fraction of sp³-hybridized carbons (Fsp3) is 0.400. The Hall–Kier alpha value is -1.69. The van der Waals surface area contributed by atoms with Crippen LogP contribution in [0.25, 0.3) is 0 Å². The van der Waals surface area contributed by atoms with E-state index < -0.39 is 20.9 Å². The highest BCUT2D eigenvalue weighted by molar-refractivity contribution is 7.89. The van der Waals surface area contributed by atoms with Crippen LogP contribution in [0.15, 0.2) is 60.7 Å². The van der Waals surface area contributed by atoms with Crippen molar-refractivity contribution in [2.45, 2.75) is 37.0 Å². The van der Waals surface area contributed by atoms with Gasteiger partial charge in [-0.25, -0.2) is 12.7 Å². The molecule has 1 fully saturated rings. The number of aliphatic hydroxyl groups is 1. The summed E-state index contributed by atoms with van der Waals surface area (Å²) in [5.74, 6) is 0. The van der Waals surface area contributed by atoms with Gasteiger partial charge in [0.15, 0.2) is 0 Å². The van der Waals surface area contributed by atoms with Crippen molar-refractivity contribution in [1.82, 2.24) is 4.31 Å². The van der Waals surface area contributed by atoms with Crippen molar-refractivity contribution in [3.05, 3.63) is 71.8 Å². The number of rotatable bonds is 5. The van der Waals surface area contributed by atoms with Gasteiger partial charge in [0.25, 0.3) is 0 Å². The minimum atomic E-state index is -3.70. The quantitative estimate of drug-likeness (QED) is 0.889. The van der Waals surface area contributed by atoms with Gasteiger partial charge < -0.3 is 5.11 Å². The first-order chi connectivity index (χ1) is 11.9. The number of benzene rings is 2. The molecule has 2 aromatic carbocycles. The van der Waals surface area contributed by atoms with E-state index in [1.807, 2.05) is 36.4 Å². The molecule has 0 aliphatic carbocycles. The van der Waals surface area contributed by atoms with Crippen LogP contribution in [-0.4, -0.2) is 30.9 Å². The van der Waals surface area contributed by atoms with Crippen molar-refractivity contribution in [2.75, 3.05) is 13.1 Å². The molecule has 1 N–H and O–H groups in total. The average molecular weight is 359 g/mol. The van der Waals surface area contributed by atoms with Crippen LogP contribution >= 0.6 is 0 Å². The van der Waals surface area contributed by atoms with Crippen LogP contribution in [0.4, 0.5) is 0 Å². The molecule has 2 aromatic rings. The van der Waals surface area contributed by atoms with E-state index in [2.05, 4.69) is 0 Å². The maximum atomic E-state index is 13.5. The lowest BCUT2D eigenvalue weighted by molar-refractivity contribution is 0.0492. The first-order valence-electron chi connectivity index (χ1n) is 8.76. The fourth-order valence-electron chi connectivity index (χ4n) is 3.61. The van der Waals surface area contributed by atoms with Gasteiger partial charge in [0.05, 0.1) is 0 Å². The summed E-state index contributed by atoms with van der Waals surface area (Å²) in [6, 6.07) is 18.1. The molecular weight excluding hydrogens is 334 g/mol. The SMILES string of the molecule is CC(O)(c1ccccc1)C(c1ccccc1)S(=O)(=O)N1CCCCC1. The van der Waals surface area contributed by atoms with Gasteiger partial charge in [-0.2, -0.15) is 0 Å². The summed E-state index contributed by atoms with van der Waals surface area (Å²) in [5, 5.41) is 10.3. The van der Waals surface area contributed by atoms with Crippen LogP contribution in [0.5, 0.6) is 0 Å². The first-order valence-corrected chi connectivity index (χ1v) is 10.3. The van der Waals surface area contributed by atoms with Crippen LogP contribution < -0.4 is 0 Å². The molecule has 1 saturated heterocycles. The Labute approximate surface area is 150 Å². The van der Waals surface area contributed by atoms with E-state index in [1.165, 1.54) is 0 Å². The van der Waals surface area contributed by atoms with Gasteiger partial charge in [-0.1, -0.05) is 67.1 Å². The molecule has 0 bridgehead atoms. The molecule has 2 unspecified atom stereocenters. The Kier molecular flexibility index (Phi) is 5.27. The summed E-state index contributed by atoms with van der Waals surface area (Å²) in [4.78, 5) is 0. The first kappa shape index (κ1) is 18.1. The van der Waals surface area contributed by atoms with Crippen LogP contribution in [0.2, 0.25) is 0 Å². The third kappa shape index (κ3) is 3.64. The van der Waals surface area contributed by atoms with E-state index >= 15 is 0 Å². The molecule has 0 amide bonds. The van der Waals surface area contributed by atoms with Gasteiger partial charge in [-0.15, -0.1) is 0 Å². The minimum absolute atomic E-state index is 0.524. The Bertz CT molecular complexity index is 782. The van der Waals surface area contributed by atoms with Crippen molar-refractivity contribution in [1.29, 1.82) is 0 Å². The summed E-state index contributed by atoms with van der Waals surface area (Å²) in [5.41, 5.74) is -0.315. The lowest BCUT2D eigenvalue weighted by Gasteiger charge is -2.38. The topological polar surface area (TPSA) is 57.6 Å². The fourth-order valence-corrected chi connectivity index (χ4v) is 5.89. The second-order valence-electron chi connectivity index (χ2n) is 6.81. The lowest BCUT2D eigenvalue weighted by atomic mass is 9.88. The summed E-state index contributed by atoms with van der Waals surface area (Å²) < 4.78 is 28.5. The highest BCUT2D eigenvalue weighted by Gasteiger charge is 2.46. The Morgan fingerprint density at radius 2 is 1.44 bits per heavy atom. The molecule has 0 aromatic heterocycles. The van der Waals surface area contributed by atoms with Gasteiger partial charge >= 0.3 is 0 Å². The zero-order valence-corrected chi connectivity index (χ0v) is 15.3. The monoisotopic (exact) mass is 359 g/mol. The molecular formula is C20H25NO3S. The maximum absolute atomic E-state index is 13.5. The third-order valence-electron chi connectivity index (χ3n) is 4.94. The van der Waals surface area contributed by atoms with Crippen molar-refractivity contribution >= 4 is 10.0 Å². The molecule has 0 spiro atoms. The van der Waals surface area contributed by atoms with E-state index in [1.54, 1.807) is 35.5 Å². The number of hydrogen-bond acceptors (Lipinski definition) is 3. The molecule has 4 nitrogen and oxygen atoms in total. The molecule has 0 saturated carbocycles. The zero-order chi connectivity index (χ0) is 17.9. The maximum Gasteiger partial charge on any atom is 0.224 e. The minimum Gasteiger partial charge on any atom is -0.384 e. The normalized spacial score (nSPS) is 19.9. The van der Waals surface area contributed by atoms with Crippen molar-refractivity contribution in [2.24, 2.45) is 0 Å². The lowest BCUT2D eigenvalue weighted by Crippen LogP contribution is -2.45. The Morgan fingerprint density at radius 3 is 2.00 bits per heavy atom. The predicted octanol–water partition coefficient (Wildman–Crippen LogP) is 3.45. The van der Waals surface area contributed by atoms with Crippen LogP contribution in [0, 0.1) is 0 Å². The Balaban J connectivity index is 2.10. The average Bonchev–Trinajstić information content (AvgIpc) is 2.64. The van der Waals surface area contributed by atoms with Gasteiger partial charge in [-0.3, -0.25) is 0 Å². The molecule has 3 rings (SSSR count). The van der Waals surface area contributed by atoms with Crippen LogP contribution in [0.1, 0.15) is 42.6 Å². The van der Waals surface area contributed by atoms with Gasteiger partial charge in [0.2, 0.25) is 10.0 Å². The van der Waals surface area contributed by atoms with Gasteiger partial charge in [-0.05, 0) is 30.9 Å². The molecule has 1 aliphatic rings. The summed E-state index contributed by atoms with van der Waals surface area (Å²) >= 11 is 0. The number of piperidine rings is 1. The Morgan fingerprint density at radius 1 is 0.920 bits per heavy atom. The molecule has 1 heterocycles. The summed E-state index contributed by atoms with van der Waals surface area (Å²) in [6.07, 6.45) is 2.79. The summed E-state index contributed by atoms with van der Waals surface area (Å²) in [6.45, 7) is 2.65. The number of nitrogens with zero attached hydrogens (tertiary/aromatic N) is 1. The highest BCUT2D eigenvalue weighted by Crippen LogP contribution is 2.42. The molecule has 0 radical (unpaired) electrons. The smallest absolute Gasteiger partial charge is 0.224 e. The molecule has 25 heavy (non-hydrogen) atoms. The molecule has 1 aliphatic heterocycles. The van der Waals surface area contributed by atoms with E-state index in [9.17, 15) is 13.5 Å². The number of hydrogen-bond donors (Lipinski definition) is 1. The van der Waals surface area contributed by atoms with Gasteiger partial charge in [0, 0.05) is 13.1 Å². The highest BCUT2D eigenvalue weighted by atomic mass is 32.2. The predicted molar refractivity (Wildman–Crippen MR) is 99.5 cm³/mol. The number of sulfonamides is 1. The van der Waals surface area contributed by atoms with Crippen molar-refractivity contribution in [3.63, 3.8) is 0 Å². The zero-order valence-electron chi connectivity index (χ0n) is 14.5. The largest absolute Gasteiger partial charge is 0.384 e. The standard InChI is InChI=1S/C20H25NO3S/c1-20(22,18-13-7-3-8-14-18)19(17-11-5-2-6-12-17)25(23,24)21-15-9-4-10-16-21/h2-3,5-8,11-14,19,22H,4,9-10,15-16H2,1H3.